The van der Waals surface area contributed by atoms with E-state index in [1.165, 1.54) is 77.0 Å². The van der Waals surface area contributed by atoms with Gasteiger partial charge in [0.2, 0.25) is 0 Å². The van der Waals surface area contributed by atoms with Crippen molar-refractivity contribution in [3.63, 3.8) is 0 Å². The summed E-state index contributed by atoms with van der Waals surface area (Å²) in [5.74, 6) is -2.37. The molecule has 0 saturated carbocycles. The van der Waals surface area contributed by atoms with Gasteiger partial charge >= 0.3 is 11.9 Å². The van der Waals surface area contributed by atoms with Gasteiger partial charge in [0.1, 0.15) is 13.2 Å². The van der Waals surface area contributed by atoms with Crippen LogP contribution in [0.4, 0.5) is 0 Å². The summed E-state index contributed by atoms with van der Waals surface area (Å²) in [6, 6.07) is 0. The molecule has 500 valence electrons. The molecular formula is C80H127NO8. The van der Waals surface area contributed by atoms with Crippen molar-refractivity contribution in [2.75, 3.05) is 47.5 Å². The molecule has 0 aromatic rings. The number of aliphatic carboxylic acids is 1. The molecule has 2 atom stereocenters. The number of ether oxygens (including phenoxy) is 4. The van der Waals surface area contributed by atoms with E-state index in [1.807, 2.05) is 21.1 Å². The Morgan fingerprint density at radius 1 is 0.348 bits per heavy atom. The monoisotopic (exact) mass is 1230 g/mol. The third kappa shape index (κ3) is 69.7. The van der Waals surface area contributed by atoms with Crippen molar-refractivity contribution in [2.24, 2.45) is 0 Å². The molecule has 9 heteroatoms. The molecule has 0 fully saturated rings. The molecule has 0 heterocycles. The largest absolute Gasteiger partial charge is 0.545 e. The lowest BCUT2D eigenvalue weighted by molar-refractivity contribution is -0.870. The third-order valence-corrected chi connectivity index (χ3v) is 14.1. The predicted molar refractivity (Wildman–Crippen MR) is 379 cm³/mol. The van der Waals surface area contributed by atoms with Crippen molar-refractivity contribution in [2.45, 2.75) is 257 Å². The van der Waals surface area contributed by atoms with Gasteiger partial charge in [0.05, 0.1) is 40.3 Å². The van der Waals surface area contributed by atoms with E-state index < -0.39 is 24.3 Å². The predicted octanol–water partition coefficient (Wildman–Crippen LogP) is 20.7. The van der Waals surface area contributed by atoms with Gasteiger partial charge in [0, 0.05) is 12.8 Å². The highest BCUT2D eigenvalue weighted by molar-refractivity contribution is 5.70. The summed E-state index contributed by atoms with van der Waals surface area (Å²) in [5, 5.41) is 11.8. The molecule has 89 heavy (non-hydrogen) atoms. The first-order valence-electron chi connectivity index (χ1n) is 34.9. The lowest BCUT2D eigenvalue weighted by Crippen LogP contribution is -2.44. The highest BCUT2D eigenvalue weighted by Gasteiger charge is 2.22. The van der Waals surface area contributed by atoms with Crippen molar-refractivity contribution in [1.29, 1.82) is 0 Å². The second-order valence-electron chi connectivity index (χ2n) is 23.7. The van der Waals surface area contributed by atoms with Gasteiger partial charge in [0.15, 0.2) is 12.4 Å². The van der Waals surface area contributed by atoms with Gasteiger partial charge < -0.3 is 33.3 Å². The Balaban J connectivity index is 4.30. The molecule has 0 radical (unpaired) electrons. The average molecular weight is 1230 g/mol. The fourth-order valence-electron chi connectivity index (χ4n) is 8.82. The van der Waals surface area contributed by atoms with E-state index in [2.05, 4.69) is 196 Å². The number of hydrogen-bond acceptors (Lipinski definition) is 8. The summed E-state index contributed by atoms with van der Waals surface area (Å²) in [4.78, 5) is 37.5. The quantitative estimate of drug-likeness (QED) is 0.0195. The summed E-state index contributed by atoms with van der Waals surface area (Å²) < 4.78 is 22.7. The van der Waals surface area contributed by atoms with E-state index >= 15 is 0 Å². The van der Waals surface area contributed by atoms with Crippen LogP contribution in [0.3, 0.4) is 0 Å². The molecule has 2 unspecified atom stereocenters. The van der Waals surface area contributed by atoms with Gasteiger partial charge in [-0.2, -0.15) is 0 Å². The minimum absolute atomic E-state index is 0.128. The number of carbonyl (C=O) groups excluding carboxylic acids is 3. The lowest BCUT2D eigenvalue weighted by Gasteiger charge is -2.26. The zero-order valence-electron chi connectivity index (χ0n) is 57.0. The van der Waals surface area contributed by atoms with E-state index in [0.29, 0.717) is 17.4 Å². The highest BCUT2D eigenvalue weighted by Crippen LogP contribution is 2.14. The Kier molecular flexibility index (Phi) is 64.0. The number of allylic oxidation sites excluding steroid dienone is 30. The van der Waals surface area contributed by atoms with Gasteiger partial charge in [-0.25, -0.2) is 0 Å². The number of carboxylic acid groups (broad SMARTS) is 1. The maximum absolute atomic E-state index is 12.9. The zero-order valence-corrected chi connectivity index (χ0v) is 57.0. The average Bonchev–Trinajstić information content (AvgIpc) is 3.64. The van der Waals surface area contributed by atoms with Crippen LogP contribution in [0.25, 0.3) is 0 Å². The molecule has 0 rings (SSSR count). The van der Waals surface area contributed by atoms with Crippen LogP contribution in [0.5, 0.6) is 0 Å². The first kappa shape index (κ1) is 83.4. The molecule has 0 N–H and O–H groups in total. The third-order valence-electron chi connectivity index (χ3n) is 14.1. The number of likely N-dealkylation sites (N-methyl/N-ethyl adjacent to an activating group) is 1. The molecule has 0 spiro atoms. The van der Waals surface area contributed by atoms with Crippen molar-refractivity contribution >= 4 is 17.9 Å². The summed E-state index contributed by atoms with van der Waals surface area (Å²) in [5.41, 5.74) is 0. The van der Waals surface area contributed by atoms with E-state index in [9.17, 15) is 19.5 Å². The standard InChI is InChI=1S/C80H127NO8/c1-6-8-10-12-14-16-18-20-22-24-26-28-30-32-33-34-35-36-37-38-39-40-41-42-43-44-45-47-49-51-53-55-57-59-61-63-65-67-69-71-78(83)89-76(75-88-80(79(84)85)86-73-72-81(3,4)5)74-87-77(82)70-68-66-64-62-60-58-56-54-52-50-48-46-31-29-27-25-23-21-19-17-15-13-11-9-7-2/h8,10,14,16,19-22,25-28,31-33,35-36,38-39,41-42,44-46,49,51,55,57,61,63,76,80H,6-7,9,11-13,15,17-18,23-24,29-30,34,37,40,43,47-48,50,52-54,56,58-60,62,64-75H2,1-5H3/b10-8-,16-14-,21-19-,22-20-,27-25-,28-26-,33-32-,36-35-,39-38-,42-41-,45-44-,46-31-,51-49-,57-55-,63-61-. The topological polar surface area (TPSA) is 111 Å². The number of nitrogens with zero attached hydrogens (tertiary/aromatic N) is 1. The van der Waals surface area contributed by atoms with Crippen LogP contribution in [0, 0.1) is 0 Å². The highest BCUT2D eigenvalue weighted by atomic mass is 16.7. The Hall–Kier alpha value is -5.61. The van der Waals surface area contributed by atoms with Crippen molar-refractivity contribution < 1.29 is 42.9 Å². The normalized spacial score (nSPS) is 13.9. The van der Waals surface area contributed by atoms with Crippen LogP contribution in [0.15, 0.2) is 182 Å². The molecular weight excluding hydrogens is 1100 g/mol. The smallest absolute Gasteiger partial charge is 0.306 e. The summed E-state index contributed by atoms with van der Waals surface area (Å²) in [6.07, 6.45) is 101. The number of esters is 2. The number of carboxylic acids is 1. The second kappa shape index (κ2) is 68.3. The van der Waals surface area contributed by atoms with Crippen molar-refractivity contribution in [3.05, 3.63) is 182 Å². The maximum atomic E-state index is 12.9. The minimum atomic E-state index is -1.65. The first-order valence-corrected chi connectivity index (χ1v) is 34.9. The number of carbonyl (C=O) groups is 3. The molecule has 0 aliphatic heterocycles. The Morgan fingerprint density at radius 3 is 0.978 bits per heavy atom. The van der Waals surface area contributed by atoms with E-state index in [-0.39, 0.29) is 38.6 Å². The minimum Gasteiger partial charge on any atom is -0.545 e. The van der Waals surface area contributed by atoms with Crippen LogP contribution in [-0.2, 0) is 33.3 Å². The van der Waals surface area contributed by atoms with Crippen molar-refractivity contribution in [1.82, 2.24) is 0 Å². The van der Waals surface area contributed by atoms with Crippen LogP contribution >= 0.6 is 0 Å². The Morgan fingerprint density at radius 2 is 0.640 bits per heavy atom. The summed E-state index contributed by atoms with van der Waals surface area (Å²) in [7, 11) is 5.90. The molecule has 0 aliphatic carbocycles. The van der Waals surface area contributed by atoms with E-state index in [0.717, 1.165) is 135 Å². The van der Waals surface area contributed by atoms with Gasteiger partial charge in [-0.05, 0) is 141 Å². The lowest BCUT2D eigenvalue weighted by atomic mass is 10.1. The number of hydrogen-bond donors (Lipinski definition) is 0. The van der Waals surface area contributed by atoms with Gasteiger partial charge in [-0.15, -0.1) is 0 Å². The molecule has 9 nitrogen and oxygen atoms in total. The molecule has 0 bridgehead atoms. The maximum Gasteiger partial charge on any atom is 0.306 e. The number of quaternary nitrogens is 1. The zero-order chi connectivity index (χ0) is 64.7. The molecule has 0 saturated heterocycles. The molecule has 0 aromatic carbocycles. The first-order chi connectivity index (χ1) is 43.6. The van der Waals surface area contributed by atoms with Crippen LogP contribution < -0.4 is 5.11 Å². The summed E-state index contributed by atoms with van der Waals surface area (Å²) >= 11 is 0. The van der Waals surface area contributed by atoms with Crippen LogP contribution in [0.1, 0.15) is 245 Å². The van der Waals surface area contributed by atoms with Crippen LogP contribution in [-0.4, -0.2) is 82.3 Å². The van der Waals surface area contributed by atoms with Crippen molar-refractivity contribution in [3.8, 4) is 0 Å². The fraction of sp³-hybridized carbons (Fsp3) is 0.588. The van der Waals surface area contributed by atoms with Crippen LogP contribution in [0.2, 0.25) is 0 Å². The van der Waals surface area contributed by atoms with E-state index in [4.69, 9.17) is 18.9 Å². The fourth-order valence-corrected chi connectivity index (χ4v) is 8.82. The number of unbranched alkanes of at least 4 members (excludes halogenated alkanes) is 17. The molecule has 0 aliphatic rings. The second-order valence-corrected chi connectivity index (χ2v) is 23.7. The Labute approximate surface area is 545 Å². The Bertz CT molecular complexity index is 2120. The van der Waals surface area contributed by atoms with Gasteiger partial charge in [0.25, 0.3) is 0 Å². The molecule has 0 amide bonds. The number of rotatable bonds is 62. The summed E-state index contributed by atoms with van der Waals surface area (Å²) in [6.45, 7) is 4.55. The SMILES string of the molecule is CC/C=C\C/C=C\C/C=C\C/C=C\C/C=C\C/C=C\C/C=C\C/C=C\C/C=C\C/C=C\C/C=C\C/C=C\CCCCC(=O)OC(COC(=O)CCCCCCCCCCCC/C=C\C/C=C\C/C=C\CCCCCCC)COC(OCC[N+](C)(C)C)C(=O)[O-]. The van der Waals surface area contributed by atoms with E-state index in [1.54, 1.807) is 0 Å². The molecule has 0 aromatic heterocycles. The van der Waals surface area contributed by atoms with Gasteiger partial charge in [-0.3, -0.25) is 9.59 Å². The van der Waals surface area contributed by atoms with Gasteiger partial charge in [-0.1, -0.05) is 273 Å².